The highest BCUT2D eigenvalue weighted by atomic mass is 16.4. The minimum atomic E-state index is -3.08. The Morgan fingerprint density at radius 3 is 2.34 bits per heavy atom. The average Bonchev–Trinajstić information content (AvgIpc) is 2.81. The second-order valence-corrected chi connectivity index (χ2v) is 12.7. The average molecular weight is 539 g/mol. The van der Waals surface area contributed by atoms with Gasteiger partial charge in [0.2, 0.25) is 0 Å². The van der Waals surface area contributed by atoms with Gasteiger partial charge in [-0.2, -0.15) is 0 Å². The van der Waals surface area contributed by atoms with Gasteiger partial charge in [-0.05, 0) is 62.7 Å². The van der Waals surface area contributed by atoms with Gasteiger partial charge in [-0.25, -0.2) is 4.79 Å². The first-order chi connectivity index (χ1) is 17.7. The van der Waals surface area contributed by atoms with Crippen LogP contribution in [0.3, 0.4) is 0 Å². The molecule has 4 saturated carbocycles. The number of ketones is 2. The van der Waals surface area contributed by atoms with E-state index in [0.717, 1.165) is 25.7 Å². The molecular formula is C27H38O11. The van der Waals surface area contributed by atoms with E-state index in [4.69, 9.17) is 0 Å². The van der Waals surface area contributed by atoms with Crippen LogP contribution in [0.4, 0.5) is 0 Å². The van der Waals surface area contributed by atoms with Crippen molar-refractivity contribution in [1.29, 1.82) is 0 Å². The molecule has 0 radical (unpaired) electrons. The number of carbonyl (C=O) groups is 3. The Morgan fingerprint density at radius 1 is 1.03 bits per heavy atom. The Morgan fingerprint density at radius 2 is 1.71 bits per heavy atom. The van der Waals surface area contributed by atoms with Crippen molar-refractivity contribution < 1.29 is 55.2 Å². The van der Waals surface area contributed by atoms with Crippen LogP contribution in [0.1, 0.15) is 64.7 Å². The maximum absolute atomic E-state index is 13.9. The maximum Gasteiger partial charge on any atom is 0.342 e. The van der Waals surface area contributed by atoms with Crippen molar-refractivity contribution in [2.75, 3.05) is 0 Å². The SMILES string of the molecule is CC(O)C1CCCC(C2CCC(O)C3C(=O)C4C(O)C5(O)C(O)=C(C(=O)O)C(=O)CC5(O)CC4(O)CC23)C1. The number of aliphatic carboxylic acids is 1. The number of rotatable bonds is 3. The summed E-state index contributed by atoms with van der Waals surface area (Å²) in [5.74, 6) is -8.20. The number of aliphatic hydroxyl groups is 7. The van der Waals surface area contributed by atoms with E-state index in [0.29, 0.717) is 12.8 Å². The predicted molar refractivity (Wildman–Crippen MR) is 128 cm³/mol. The number of carbonyl (C=O) groups excluding carboxylic acids is 2. The molecule has 11 nitrogen and oxygen atoms in total. The third-order valence-corrected chi connectivity index (χ3v) is 10.7. The molecule has 12 atom stereocenters. The molecule has 0 aromatic carbocycles. The lowest BCUT2D eigenvalue weighted by Crippen LogP contribution is -2.78. The van der Waals surface area contributed by atoms with Gasteiger partial charge in [-0.1, -0.05) is 12.8 Å². The van der Waals surface area contributed by atoms with Crippen LogP contribution in [0, 0.1) is 35.5 Å². The second-order valence-electron chi connectivity index (χ2n) is 12.7. The lowest BCUT2D eigenvalue weighted by atomic mass is 9.46. The molecule has 12 unspecified atom stereocenters. The van der Waals surface area contributed by atoms with Gasteiger partial charge >= 0.3 is 5.97 Å². The van der Waals surface area contributed by atoms with Gasteiger partial charge < -0.3 is 40.9 Å². The smallest absolute Gasteiger partial charge is 0.342 e. The standard InChI is InChI=1S/C27H38O11/c1-11(28)12-3-2-4-13(7-12)14-5-6-16(29)18-15(14)8-25(36)10-26(37)9-17(30)19(24(34)35)22(32)27(26,38)23(33)20(25)21(18)31/h11-16,18,20,23,28-29,32-33,36-38H,2-10H2,1H3,(H,34,35). The van der Waals surface area contributed by atoms with Crippen LogP contribution in [0.2, 0.25) is 0 Å². The first-order valence-electron chi connectivity index (χ1n) is 13.6. The summed E-state index contributed by atoms with van der Waals surface area (Å²) in [4.78, 5) is 38.1. The molecule has 0 spiro atoms. The number of carboxylic acid groups (broad SMARTS) is 1. The largest absolute Gasteiger partial charge is 0.508 e. The quantitative estimate of drug-likeness (QED) is 0.216. The molecule has 11 heteroatoms. The molecule has 0 amide bonds. The molecule has 8 N–H and O–H groups in total. The van der Waals surface area contributed by atoms with Crippen molar-refractivity contribution in [2.24, 2.45) is 35.5 Å². The number of aliphatic hydroxyl groups excluding tert-OH is 4. The molecule has 0 saturated heterocycles. The minimum Gasteiger partial charge on any atom is -0.508 e. The Bertz CT molecular complexity index is 1070. The summed E-state index contributed by atoms with van der Waals surface area (Å²) in [6.07, 6.45) is -1.34. The van der Waals surface area contributed by atoms with Crippen LogP contribution in [-0.2, 0) is 14.4 Å². The summed E-state index contributed by atoms with van der Waals surface area (Å²) in [7, 11) is 0. The van der Waals surface area contributed by atoms with Crippen molar-refractivity contribution >= 4 is 17.5 Å². The van der Waals surface area contributed by atoms with Crippen LogP contribution < -0.4 is 0 Å². The molecule has 0 heterocycles. The third-order valence-electron chi connectivity index (χ3n) is 10.7. The normalized spacial score (nSPS) is 50.1. The molecule has 212 valence electrons. The summed E-state index contributed by atoms with van der Waals surface area (Å²) < 4.78 is 0. The molecule has 0 aromatic heterocycles. The van der Waals surface area contributed by atoms with E-state index in [1.807, 2.05) is 0 Å². The number of Topliss-reactive ketones (excluding diaryl/α,β-unsaturated/α-hetero) is 2. The van der Waals surface area contributed by atoms with Crippen molar-refractivity contribution in [3.8, 4) is 0 Å². The van der Waals surface area contributed by atoms with Crippen LogP contribution in [0.25, 0.3) is 0 Å². The highest BCUT2D eigenvalue weighted by Gasteiger charge is 2.75. The molecule has 5 rings (SSSR count). The zero-order chi connectivity index (χ0) is 27.9. The Hall–Kier alpha value is -1.89. The fourth-order valence-electron chi connectivity index (χ4n) is 8.92. The monoisotopic (exact) mass is 538 g/mol. The molecular weight excluding hydrogens is 500 g/mol. The fourth-order valence-corrected chi connectivity index (χ4v) is 8.92. The minimum absolute atomic E-state index is 0.0635. The van der Waals surface area contributed by atoms with E-state index in [9.17, 15) is 55.2 Å². The summed E-state index contributed by atoms with van der Waals surface area (Å²) >= 11 is 0. The zero-order valence-corrected chi connectivity index (χ0v) is 21.4. The van der Waals surface area contributed by atoms with E-state index >= 15 is 0 Å². The van der Waals surface area contributed by atoms with Crippen molar-refractivity contribution in [1.82, 2.24) is 0 Å². The molecule has 5 aliphatic rings. The zero-order valence-electron chi connectivity index (χ0n) is 21.4. The third kappa shape index (κ3) is 3.73. The van der Waals surface area contributed by atoms with Crippen molar-refractivity contribution in [3.63, 3.8) is 0 Å². The highest BCUT2D eigenvalue weighted by molar-refractivity contribution is 6.18. The van der Waals surface area contributed by atoms with Gasteiger partial charge in [0, 0.05) is 18.8 Å². The summed E-state index contributed by atoms with van der Waals surface area (Å²) in [6, 6.07) is 0. The summed E-state index contributed by atoms with van der Waals surface area (Å²) in [6.45, 7) is 1.76. The van der Waals surface area contributed by atoms with Crippen LogP contribution in [0.15, 0.2) is 11.3 Å². The number of carboxylic acids is 1. The van der Waals surface area contributed by atoms with Crippen LogP contribution in [0.5, 0.6) is 0 Å². The highest BCUT2D eigenvalue weighted by Crippen LogP contribution is 2.60. The second kappa shape index (κ2) is 9.07. The van der Waals surface area contributed by atoms with E-state index in [1.54, 1.807) is 6.92 Å². The van der Waals surface area contributed by atoms with Gasteiger partial charge in [-0.3, -0.25) is 9.59 Å². The van der Waals surface area contributed by atoms with E-state index in [1.165, 1.54) is 0 Å². The first-order valence-corrected chi connectivity index (χ1v) is 13.6. The van der Waals surface area contributed by atoms with Crippen LogP contribution in [-0.4, -0.2) is 93.5 Å². The fraction of sp³-hybridized carbons (Fsp3) is 0.815. The summed E-state index contributed by atoms with van der Waals surface area (Å²) in [5.41, 5.74) is -8.98. The Balaban J connectivity index is 1.54. The van der Waals surface area contributed by atoms with E-state index < -0.39 is 94.6 Å². The maximum atomic E-state index is 13.9. The van der Waals surface area contributed by atoms with Crippen molar-refractivity contribution in [2.45, 2.75) is 99.8 Å². The van der Waals surface area contributed by atoms with E-state index in [-0.39, 0.29) is 24.2 Å². The Kier molecular flexibility index (Phi) is 6.60. The molecule has 0 bridgehead atoms. The number of hydrogen-bond donors (Lipinski definition) is 8. The molecule has 38 heavy (non-hydrogen) atoms. The molecule has 4 fully saturated rings. The number of fused-ring (bicyclic) bond motifs is 3. The predicted octanol–water partition coefficient (Wildman–Crippen LogP) is -0.407. The number of hydrogen-bond acceptors (Lipinski definition) is 10. The van der Waals surface area contributed by atoms with Gasteiger partial charge in [0.15, 0.2) is 11.4 Å². The van der Waals surface area contributed by atoms with Gasteiger partial charge in [0.1, 0.15) is 28.8 Å². The van der Waals surface area contributed by atoms with Gasteiger partial charge in [0.05, 0.1) is 23.7 Å². The molecule has 0 aromatic rings. The molecule has 5 aliphatic carbocycles. The van der Waals surface area contributed by atoms with Gasteiger partial charge in [-0.15, -0.1) is 0 Å². The molecule has 0 aliphatic heterocycles. The van der Waals surface area contributed by atoms with E-state index in [2.05, 4.69) is 0 Å². The van der Waals surface area contributed by atoms with Gasteiger partial charge in [0.25, 0.3) is 0 Å². The lowest BCUT2D eigenvalue weighted by molar-refractivity contribution is -0.289. The Labute approximate surface area is 219 Å². The van der Waals surface area contributed by atoms with Crippen LogP contribution >= 0.6 is 0 Å². The topological polar surface area (TPSA) is 213 Å². The first kappa shape index (κ1) is 27.7. The lowest BCUT2D eigenvalue weighted by Gasteiger charge is -2.62. The van der Waals surface area contributed by atoms with Crippen molar-refractivity contribution in [3.05, 3.63) is 11.3 Å². The summed E-state index contributed by atoms with van der Waals surface area (Å²) in [5, 5.41) is 87.2.